The van der Waals surface area contributed by atoms with Crippen molar-refractivity contribution in [2.75, 3.05) is 52.4 Å². The molecule has 0 aromatic carbocycles. The van der Waals surface area contributed by atoms with Crippen molar-refractivity contribution in [2.24, 2.45) is 28.2 Å². The molecule has 0 unspecified atom stereocenters. The summed E-state index contributed by atoms with van der Waals surface area (Å²) in [7, 11) is 8.11. The van der Waals surface area contributed by atoms with E-state index >= 15 is 0 Å². The van der Waals surface area contributed by atoms with E-state index < -0.39 is 0 Å². The van der Waals surface area contributed by atoms with Crippen molar-refractivity contribution in [3.63, 3.8) is 0 Å². The molecule has 41 heavy (non-hydrogen) atoms. The number of hydrogen-bond acceptors (Lipinski definition) is 8. The van der Waals surface area contributed by atoms with Crippen LogP contribution in [-0.2, 0) is 54.4 Å². The third-order valence-electron chi connectivity index (χ3n) is 7.72. The predicted molar refractivity (Wildman–Crippen MR) is 159 cm³/mol. The first kappa shape index (κ1) is 29.2. The van der Waals surface area contributed by atoms with Gasteiger partial charge in [0, 0.05) is 118 Å². The van der Waals surface area contributed by atoms with Gasteiger partial charge in [-0.2, -0.15) is 0 Å². The van der Waals surface area contributed by atoms with Gasteiger partial charge in [0.05, 0.1) is 48.1 Å². The molecule has 222 valence electrons. The third kappa shape index (κ3) is 9.09. The highest BCUT2D eigenvalue weighted by Gasteiger charge is 2.19. The third-order valence-corrected chi connectivity index (χ3v) is 7.72. The number of imidazole rings is 4. The Bertz CT molecular complexity index is 1150. The van der Waals surface area contributed by atoms with E-state index in [1.54, 1.807) is 0 Å². The lowest BCUT2D eigenvalue weighted by Crippen LogP contribution is -2.39. The fourth-order valence-electron chi connectivity index (χ4n) is 5.58. The highest BCUT2D eigenvalue weighted by atomic mass is 15.3. The van der Waals surface area contributed by atoms with Crippen LogP contribution < -0.4 is 0 Å². The number of aryl methyl sites for hydroxylation is 4. The molecule has 0 spiro atoms. The maximum atomic E-state index is 4.57. The van der Waals surface area contributed by atoms with E-state index in [9.17, 15) is 0 Å². The molecule has 0 atom stereocenters. The minimum Gasteiger partial charge on any atom is -0.340 e. The largest absolute Gasteiger partial charge is 0.340 e. The van der Waals surface area contributed by atoms with Crippen LogP contribution in [0.1, 0.15) is 29.2 Å². The van der Waals surface area contributed by atoms with E-state index in [4.69, 9.17) is 0 Å². The highest BCUT2D eigenvalue weighted by Crippen LogP contribution is 2.11. The van der Waals surface area contributed by atoms with Gasteiger partial charge in [-0.05, 0) is 19.5 Å². The van der Waals surface area contributed by atoms with Gasteiger partial charge < -0.3 is 28.1 Å². The van der Waals surface area contributed by atoms with Gasteiger partial charge in [-0.3, -0.25) is 9.80 Å². The second-order valence-corrected chi connectivity index (χ2v) is 11.6. The van der Waals surface area contributed by atoms with Gasteiger partial charge in [-0.15, -0.1) is 0 Å². The molecule has 0 radical (unpaired) electrons. The molecule has 1 aliphatic rings. The predicted octanol–water partition coefficient (Wildman–Crippen LogP) is 1.33. The van der Waals surface area contributed by atoms with Crippen molar-refractivity contribution >= 4 is 0 Å². The topological polar surface area (TPSA) is 84.2 Å². The van der Waals surface area contributed by atoms with Gasteiger partial charge in [0.25, 0.3) is 0 Å². The molecule has 5 heterocycles. The number of hydrogen-bond donors (Lipinski definition) is 0. The van der Waals surface area contributed by atoms with E-state index in [0.717, 1.165) is 101 Å². The molecule has 1 saturated heterocycles. The summed E-state index contributed by atoms with van der Waals surface area (Å²) in [5.41, 5.74) is 4.41. The molecule has 0 saturated carbocycles. The van der Waals surface area contributed by atoms with Gasteiger partial charge in [0.2, 0.25) is 0 Å². The highest BCUT2D eigenvalue weighted by molar-refractivity contribution is 5.01. The van der Waals surface area contributed by atoms with Gasteiger partial charge in [0.15, 0.2) is 0 Å². The summed E-state index contributed by atoms with van der Waals surface area (Å²) in [6.07, 6.45) is 17.2. The number of aromatic nitrogens is 8. The lowest BCUT2D eigenvalue weighted by Gasteiger charge is -2.27. The first-order chi connectivity index (χ1) is 19.9. The normalized spacial score (nSPS) is 15.4. The Morgan fingerprint density at radius 3 is 1.10 bits per heavy atom. The molecule has 5 rings (SSSR count). The summed E-state index contributed by atoms with van der Waals surface area (Å²) in [4.78, 5) is 28.5. The van der Waals surface area contributed by atoms with Crippen molar-refractivity contribution < 1.29 is 0 Å². The minimum absolute atomic E-state index is 0.833. The number of rotatable bonds is 14. The van der Waals surface area contributed by atoms with Crippen LogP contribution in [0.4, 0.5) is 0 Å². The molecule has 4 aromatic rings. The molecule has 12 nitrogen and oxygen atoms in total. The summed E-state index contributed by atoms with van der Waals surface area (Å²) in [6, 6.07) is 0. The Morgan fingerprint density at radius 1 is 0.512 bits per heavy atom. The molecule has 12 heteroatoms. The van der Waals surface area contributed by atoms with Crippen LogP contribution in [0.25, 0.3) is 0 Å². The molecule has 4 aromatic heterocycles. The van der Waals surface area contributed by atoms with E-state index in [0.29, 0.717) is 0 Å². The molecule has 1 fully saturated rings. The molecule has 0 amide bonds. The zero-order chi connectivity index (χ0) is 28.6. The molecule has 0 bridgehead atoms. The average molecular weight is 563 g/mol. The Hall–Kier alpha value is -3.32. The van der Waals surface area contributed by atoms with Crippen LogP contribution in [0.2, 0.25) is 0 Å². The molecule has 1 aliphatic heterocycles. The van der Waals surface area contributed by atoms with Crippen LogP contribution >= 0.6 is 0 Å². The monoisotopic (exact) mass is 562 g/mol. The van der Waals surface area contributed by atoms with Gasteiger partial charge >= 0.3 is 0 Å². The quantitative estimate of drug-likeness (QED) is 0.228. The van der Waals surface area contributed by atoms with Crippen LogP contribution in [-0.4, -0.2) is 110 Å². The van der Waals surface area contributed by atoms with Crippen LogP contribution in [0.3, 0.4) is 0 Å². The summed E-state index contributed by atoms with van der Waals surface area (Å²) in [6.45, 7) is 11.9. The first-order valence-electron chi connectivity index (χ1n) is 14.6. The second kappa shape index (κ2) is 14.0. The Morgan fingerprint density at radius 2 is 0.829 bits per heavy atom. The van der Waals surface area contributed by atoms with Crippen LogP contribution in [0.15, 0.2) is 50.1 Å². The summed E-state index contributed by atoms with van der Waals surface area (Å²) in [5, 5.41) is 0. The van der Waals surface area contributed by atoms with Crippen LogP contribution in [0.5, 0.6) is 0 Å². The molecule has 0 aliphatic carbocycles. The fourth-order valence-corrected chi connectivity index (χ4v) is 5.58. The van der Waals surface area contributed by atoms with Gasteiger partial charge in [0.1, 0.15) is 0 Å². The van der Waals surface area contributed by atoms with Crippen LogP contribution in [0, 0.1) is 0 Å². The second-order valence-electron chi connectivity index (χ2n) is 11.6. The van der Waals surface area contributed by atoms with Crippen molar-refractivity contribution in [2.45, 2.75) is 32.6 Å². The SMILES string of the molecule is Cn1cnc(CN(CCN2CCCN(CCN(Cc3cn(C)cn3)Cc3cn(C)cn3)CC2)Cc2cn(C)cn2)c1. The smallest absolute Gasteiger partial charge is 0.0947 e. The van der Waals surface area contributed by atoms with E-state index in [1.165, 1.54) is 6.42 Å². The maximum absolute atomic E-state index is 4.57. The molecular formula is C29H46N12. The molecule has 0 N–H and O–H groups in total. The van der Waals surface area contributed by atoms with Crippen molar-refractivity contribution in [3.8, 4) is 0 Å². The summed E-state index contributed by atoms with van der Waals surface area (Å²) in [5.74, 6) is 0. The van der Waals surface area contributed by atoms with E-state index in [-0.39, 0.29) is 0 Å². The van der Waals surface area contributed by atoms with Crippen molar-refractivity contribution in [1.29, 1.82) is 0 Å². The Kier molecular flexibility index (Phi) is 9.99. The van der Waals surface area contributed by atoms with Crippen molar-refractivity contribution in [3.05, 3.63) is 72.9 Å². The van der Waals surface area contributed by atoms with Gasteiger partial charge in [-0.1, -0.05) is 0 Å². The average Bonchev–Trinajstić information content (AvgIpc) is 3.71. The van der Waals surface area contributed by atoms with Gasteiger partial charge in [-0.25, -0.2) is 19.9 Å². The first-order valence-corrected chi connectivity index (χ1v) is 14.6. The fraction of sp³-hybridized carbons (Fsp3) is 0.586. The van der Waals surface area contributed by atoms with E-state index in [1.807, 2.05) is 71.8 Å². The van der Waals surface area contributed by atoms with Crippen molar-refractivity contribution in [1.82, 2.24) is 57.8 Å². The Labute approximate surface area is 243 Å². The summed E-state index contributed by atoms with van der Waals surface area (Å²) >= 11 is 0. The Balaban J connectivity index is 1.12. The standard InChI is InChI=1S/C29H46N12/c1-34-14-26(30-22-34)18-40(19-27-15-35(2)23-31-27)12-10-38-6-5-7-39(9-8-38)11-13-41(20-28-16-36(3)24-32-28)21-29-17-37(4)25-33-29/h14-17,22-25H,5-13,18-21H2,1-4H3. The number of nitrogens with zero attached hydrogens (tertiary/aromatic N) is 12. The lowest BCUT2D eigenvalue weighted by molar-refractivity contribution is 0.179. The zero-order valence-electron chi connectivity index (χ0n) is 25.2. The lowest BCUT2D eigenvalue weighted by atomic mass is 10.3. The minimum atomic E-state index is 0.833. The maximum Gasteiger partial charge on any atom is 0.0947 e. The summed E-state index contributed by atoms with van der Waals surface area (Å²) < 4.78 is 8.08. The zero-order valence-corrected chi connectivity index (χ0v) is 25.2. The molecular weight excluding hydrogens is 516 g/mol. The van der Waals surface area contributed by atoms with E-state index in [2.05, 4.69) is 64.3 Å².